The molecule has 3 rings (SSSR count). The number of nitrogens with zero attached hydrogens (tertiary/aromatic N) is 2. The molecule has 1 atom stereocenters. The van der Waals surface area contributed by atoms with Gasteiger partial charge in [-0.25, -0.2) is 0 Å². The minimum atomic E-state index is -0.0753. The number of aryl methyl sites for hydroxylation is 2. The number of benzene rings is 2. The van der Waals surface area contributed by atoms with E-state index < -0.39 is 0 Å². The molecule has 0 aliphatic rings. The number of nitrogens with one attached hydrogen (secondary N) is 1. The van der Waals surface area contributed by atoms with Crippen LogP contribution in [-0.4, -0.2) is 15.7 Å². The van der Waals surface area contributed by atoms with Crippen LogP contribution in [0.5, 0.6) is 0 Å². The highest BCUT2D eigenvalue weighted by Crippen LogP contribution is 2.23. The van der Waals surface area contributed by atoms with Gasteiger partial charge in [0, 0.05) is 24.4 Å². The quantitative estimate of drug-likeness (QED) is 0.793. The van der Waals surface area contributed by atoms with Crippen molar-refractivity contribution in [2.75, 3.05) is 0 Å². The van der Waals surface area contributed by atoms with Crippen molar-refractivity contribution < 1.29 is 4.79 Å². The molecule has 1 amide bonds. The first-order valence-electron chi connectivity index (χ1n) is 8.00. The average molecular weight is 319 g/mol. The van der Waals surface area contributed by atoms with E-state index in [0.29, 0.717) is 5.56 Å². The average Bonchev–Trinajstić information content (AvgIpc) is 3.02. The molecule has 24 heavy (non-hydrogen) atoms. The van der Waals surface area contributed by atoms with Crippen LogP contribution in [0.1, 0.15) is 34.5 Å². The molecule has 0 saturated heterocycles. The lowest BCUT2D eigenvalue weighted by molar-refractivity contribution is 0.0939. The molecule has 4 heteroatoms. The minimum absolute atomic E-state index is 0.0487. The summed E-state index contributed by atoms with van der Waals surface area (Å²) in [6.45, 7) is 3.95. The van der Waals surface area contributed by atoms with Gasteiger partial charge in [-0.15, -0.1) is 0 Å². The maximum atomic E-state index is 12.5. The number of rotatable bonds is 4. The highest BCUT2D eigenvalue weighted by Gasteiger charge is 2.13. The Kier molecular flexibility index (Phi) is 4.47. The van der Waals surface area contributed by atoms with E-state index in [1.807, 2.05) is 69.7 Å². The number of carbonyl (C=O) groups excluding carboxylic acids is 1. The fourth-order valence-electron chi connectivity index (χ4n) is 2.74. The summed E-state index contributed by atoms with van der Waals surface area (Å²) in [6.07, 6.45) is 3.82. The first-order valence-corrected chi connectivity index (χ1v) is 8.00. The van der Waals surface area contributed by atoms with Gasteiger partial charge in [-0.1, -0.05) is 36.4 Å². The highest BCUT2D eigenvalue weighted by molar-refractivity contribution is 5.95. The monoisotopic (exact) mass is 319 g/mol. The van der Waals surface area contributed by atoms with Crippen molar-refractivity contribution in [1.29, 1.82) is 0 Å². The van der Waals surface area contributed by atoms with Crippen molar-refractivity contribution >= 4 is 5.91 Å². The summed E-state index contributed by atoms with van der Waals surface area (Å²) in [6, 6.07) is 15.7. The molecule has 0 unspecified atom stereocenters. The van der Waals surface area contributed by atoms with Crippen molar-refractivity contribution in [2.45, 2.75) is 19.9 Å². The third kappa shape index (κ3) is 3.38. The summed E-state index contributed by atoms with van der Waals surface area (Å²) >= 11 is 0. The molecule has 1 aromatic heterocycles. The first-order chi connectivity index (χ1) is 11.5. The second-order valence-electron chi connectivity index (χ2n) is 6.04. The molecule has 1 N–H and O–H groups in total. The van der Waals surface area contributed by atoms with Gasteiger partial charge in [-0.05, 0) is 42.7 Å². The van der Waals surface area contributed by atoms with Crippen molar-refractivity contribution in [2.24, 2.45) is 7.05 Å². The molecule has 4 nitrogen and oxygen atoms in total. The van der Waals surface area contributed by atoms with Gasteiger partial charge in [-0.3, -0.25) is 9.48 Å². The molecule has 0 aliphatic carbocycles. The van der Waals surface area contributed by atoms with Gasteiger partial charge in [0.15, 0.2) is 0 Å². The van der Waals surface area contributed by atoms with Crippen LogP contribution in [0.25, 0.3) is 11.1 Å². The predicted molar refractivity (Wildman–Crippen MR) is 95.7 cm³/mol. The fraction of sp³-hybridized carbons (Fsp3) is 0.200. The second-order valence-corrected chi connectivity index (χ2v) is 6.04. The Morgan fingerprint density at radius 1 is 1.12 bits per heavy atom. The van der Waals surface area contributed by atoms with Crippen LogP contribution in [0.4, 0.5) is 0 Å². The Hall–Kier alpha value is -2.88. The summed E-state index contributed by atoms with van der Waals surface area (Å²) in [4.78, 5) is 12.5. The van der Waals surface area contributed by atoms with Gasteiger partial charge in [-0.2, -0.15) is 5.10 Å². The summed E-state index contributed by atoms with van der Waals surface area (Å²) in [5, 5.41) is 7.29. The van der Waals surface area contributed by atoms with E-state index in [2.05, 4.69) is 22.5 Å². The highest BCUT2D eigenvalue weighted by atomic mass is 16.1. The Morgan fingerprint density at radius 3 is 2.62 bits per heavy atom. The lowest BCUT2D eigenvalue weighted by Crippen LogP contribution is -2.27. The Balaban J connectivity index is 1.79. The van der Waals surface area contributed by atoms with E-state index >= 15 is 0 Å². The fourth-order valence-corrected chi connectivity index (χ4v) is 2.74. The molecule has 0 fully saturated rings. The molecular formula is C20H21N3O. The van der Waals surface area contributed by atoms with E-state index in [1.54, 1.807) is 4.68 Å². The molecule has 0 bridgehead atoms. The molecule has 0 radical (unpaired) electrons. The van der Waals surface area contributed by atoms with Crippen LogP contribution in [0.3, 0.4) is 0 Å². The Labute approximate surface area is 142 Å². The molecule has 0 aliphatic heterocycles. The van der Waals surface area contributed by atoms with E-state index in [1.165, 1.54) is 0 Å². The normalized spacial score (nSPS) is 12.0. The Bertz CT molecular complexity index is 867. The van der Waals surface area contributed by atoms with Crippen LogP contribution in [-0.2, 0) is 7.05 Å². The van der Waals surface area contributed by atoms with Gasteiger partial charge in [0.1, 0.15) is 0 Å². The molecule has 3 aromatic rings. The standard InChI is InChI=1S/C20H21N3O/c1-14-7-4-5-10-19(14)20(24)22-15(2)16-8-6-9-17(11-16)18-12-21-23(3)13-18/h4-13,15H,1-3H3,(H,22,24)/t15-/m1/s1. The number of amides is 1. The summed E-state index contributed by atoms with van der Waals surface area (Å²) in [7, 11) is 1.90. The number of aromatic nitrogens is 2. The number of hydrogen-bond acceptors (Lipinski definition) is 2. The molecular weight excluding hydrogens is 298 g/mol. The van der Waals surface area contributed by atoms with Crippen LogP contribution in [0.15, 0.2) is 60.9 Å². The van der Waals surface area contributed by atoms with Gasteiger partial charge in [0.2, 0.25) is 0 Å². The Morgan fingerprint density at radius 2 is 1.92 bits per heavy atom. The minimum Gasteiger partial charge on any atom is -0.346 e. The molecule has 0 spiro atoms. The van der Waals surface area contributed by atoms with E-state index in [9.17, 15) is 4.79 Å². The SMILES string of the molecule is Cc1ccccc1C(=O)N[C@H](C)c1cccc(-c2cnn(C)c2)c1. The van der Waals surface area contributed by atoms with E-state index in [-0.39, 0.29) is 11.9 Å². The molecule has 2 aromatic carbocycles. The topological polar surface area (TPSA) is 46.9 Å². The smallest absolute Gasteiger partial charge is 0.252 e. The number of carbonyl (C=O) groups is 1. The van der Waals surface area contributed by atoms with Crippen LogP contribution >= 0.6 is 0 Å². The molecule has 1 heterocycles. The summed E-state index contributed by atoms with van der Waals surface area (Å²) in [5.74, 6) is -0.0487. The molecule has 0 saturated carbocycles. The van der Waals surface area contributed by atoms with Gasteiger partial charge >= 0.3 is 0 Å². The van der Waals surface area contributed by atoms with E-state index in [4.69, 9.17) is 0 Å². The first kappa shape index (κ1) is 16.0. The third-order valence-corrected chi connectivity index (χ3v) is 4.16. The second kappa shape index (κ2) is 6.71. The predicted octanol–water partition coefficient (Wildman–Crippen LogP) is 3.89. The maximum Gasteiger partial charge on any atom is 0.252 e. The largest absolute Gasteiger partial charge is 0.346 e. The van der Waals surface area contributed by atoms with Gasteiger partial charge in [0.25, 0.3) is 5.91 Å². The zero-order valence-corrected chi connectivity index (χ0v) is 14.2. The van der Waals surface area contributed by atoms with Gasteiger partial charge < -0.3 is 5.32 Å². The zero-order valence-electron chi connectivity index (χ0n) is 14.2. The van der Waals surface area contributed by atoms with Crippen LogP contribution < -0.4 is 5.32 Å². The number of hydrogen-bond donors (Lipinski definition) is 1. The third-order valence-electron chi connectivity index (χ3n) is 4.16. The van der Waals surface area contributed by atoms with Crippen molar-refractivity contribution in [1.82, 2.24) is 15.1 Å². The lowest BCUT2D eigenvalue weighted by Gasteiger charge is -2.16. The van der Waals surface area contributed by atoms with Crippen molar-refractivity contribution in [3.05, 3.63) is 77.6 Å². The van der Waals surface area contributed by atoms with Crippen LogP contribution in [0, 0.1) is 6.92 Å². The lowest BCUT2D eigenvalue weighted by atomic mass is 10.0. The zero-order chi connectivity index (χ0) is 17.1. The van der Waals surface area contributed by atoms with E-state index in [0.717, 1.165) is 22.3 Å². The molecule has 122 valence electrons. The van der Waals surface area contributed by atoms with Crippen LogP contribution in [0.2, 0.25) is 0 Å². The van der Waals surface area contributed by atoms with Crippen molar-refractivity contribution in [3.8, 4) is 11.1 Å². The summed E-state index contributed by atoms with van der Waals surface area (Å²) in [5.41, 5.74) is 4.92. The van der Waals surface area contributed by atoms with Gasteiger partial charge in [0.05, 0.1) is 12.2 Å². The maximum absolute atomic E-state index is 12.5. The van der Waals surface area contributed by atoms with Crippen molar-refractivity contribution in [3.63, 3.8) is 0 Å². The summed E-state index contributed by atoms with van der Waals surface area (Å²) < 4.78 is 1.78.